The van der Waals surface area contributed by atoms with Gasteiger partial charge in [-0.1, -0.05) is 47.6 Å². The highest BCUT2D eigenvalue weighted by molar-refractivity contribution is 9.10. The largest absolute Gasteiger partial charge is 0.336 e. The Labute approximate surface area is 152 Å². The van der Waals surface area contributed by atoms with E-state index in [0.717, 1.165) is 21.5 Å². The van der Waals surface area contributed by atoms with Gasteiger partial charge in [0.1, 0.15) is 4.47 Å². The van der Waals surface area contributed by atoms with Crippen LogP contribution in [0.4, 0.5) is 5.88 Å². The normalized spacial score (nSPS) is 11.9. The van der Waals surface area contributed by atoms with E-state index < -0.39 is 10.0 Å². The molecule has 1 aromatic heterocycles. The van der Waals surface area contributed by atoms with Crippen molar-refractivity contribution in [2.75, 3.05) is 4.72 Å². The quantitative estimate of drug-likeness (QED) is 0.484. The number of nitrogens with zero attached hydrogens (tertiary/aromatic N) is 1. The third-order valence-electron chi connectivity index (χ3n) is 4.05. The van der Waals surface area contributed by atoms with E-state index in [2.05, 4.69) is 25.8 Å². The molecule has 0 aliphatic heterocycles. The van der Waals surface area contributed by atoms with Crippen LogP contribution in [0.25, 0.3) is 21.5 Å². The maximum Gasteiger partial charge on any atom is 0.264 e. The fourth-order valence-corrected chi connectivity index (χ4v) is 4.15. The molecule has 25 heavy (non-hydrogen) atoms. The van der Waals surface area contributed by atoms with Crippen molar-refractivity contribution in [3.8, 4) is 0 Å². The summed E-state index contributed by atoms with van der Waals surface area (Å²) in [5.41, 5.74) is 0.571. The molecule has 0 bridgehead atoms. The van der Waals surface area contributed by atoms with E-state index in [1.54, 1.807) is 25.1 Å². The zero-order chi connectivity index (χ0) is 17.6. The lowest BCUT2D eigenvalue weighted by atomic mass is 10.0. The molecule has 0 aliphatic carbocycles. The molecule has 0 saturated heterocycles. The second-order valence-electron chi connectivity index (χ2n) is 5.69. The molecule has 0 atom stereocenters. The summed E-state index contributed by atoms with van der Waals surface area (Å²) in [4.78, 5) is 0.164. The van der Waals surface area contributed by atoms with E-state index in [9.17, 15) is 8.42 Å². The molecule has 0 radical (unpaired) electrons. The molecule has 1 heterocycles. The summed E-state index contributed by atoms with van der Waals surface area (Å²) in [6.07, 6.45) is 0. The number of benzene rings is 3. The molecule has 0 unspecified atom stereocenters. The monoisotopic (exact) mass is 416 g/mol. The van der Waals surface area contributed by atoms with Gasteiger partial charge in [-0.2, -0.15) is 0 Å². The molecule has 0 saturated carbocycles. The Bertz CT molecular complexity index is 1220. The molecule has 0 spiro atoms. The molecule has 4 aromatic rings. The van der Waals surface area contributed by atoms with Crippen molar-refractivity contribution in [3.63, 3.8) is 0 Å². The third kappa shape index (κ3) is 2.79. The maximum absolute atomic E-state index is 12.7. The Kier molecular flexibility index (Phi) is 3.77. The Morgan fingerprint density at radius 1 is 1.00 bits per heavy atom. The Morgan fingerprint density at radius 3 is 2.40 bits per heavy atom. The SMILES string of the molecule is Cc1noc(NS(=O)(=O)c2ccc3ccc4ccccc4c3c2)c1Br. The van der Waals surface area contributed by atoms with Crippen LogP contribution in [-0.2, 0) is 10.0 Å². The third-order valence-corrected chi connectivity index (χ3v) is 6.31. The van der Waals surface area contributed by atoms with Gasteiger partial charge in [-0.15, -0.1) is 0 Å². The highest BCUT2D eigenvalue weighted by Crippen LogP contribution is 2.30. The first kappa shape index (κ1) is 16.1. The summed E-state index contributed by atoms with van der Waals surface area (Å²) in [5.74, 6) is 0.0653. The van der Waals surface area contributed by atoms with Crippen LogP contribution >= 0.6 is 15.9 Å². The Balaban J connectivity index is 1.85. The first-order valence-corrected chi connectivity index (χ1v) is 9.79. The highest BCUT2D eigenvalue weighted by atomic mass is 79.9. The van der Waals surface area contributed by atoms with E-state index in [0.29, 0.717) is 10.2 Å². The second kappa shape index (κ2) is 5.86. The minimum Gasteiger partial charge on any atom is -0.336 e. The number of halogens is 1. The average Bonchev–Trinajstić information content (AvgIpc) is 2.92. The van der Waals surface area contributed by atoms with Crippen LogP contribution in [0.15, 0.2) is 68.5 Å². The molecule has 4 rings (SSSR count). The molecule has 0 amide bonds. The fourth-order valence-electron chi connectivity index (χ4n) is 2.75. The van der Waals surface area contributed by atoms with Crippen LogP contribution in [0.5, 0.6) is 0 Å². The number of anilines is 1. The summed E-state index contributed by atoms with van der Waals surface area (Å²) in [6, 6.07) is 17.0. The van der Waals surface area contributed by atoms with Crippen molar-refractivity contribution in [1.82, 2.24) is 5.16 Å². The number of hydrogen-bond acceptors (Lipinski definition) is 4. The van der Waals surface area contributed by atoms with Crippen molar-refractivity contribution >= 4 is 53.4 Å². The summed E-state index contributed by atoms with van der Waals surface area (Å²) >= 11 is 3.26. The van der Waals surface area contributed by atoms with Gasteiger partial charge in [0.15, 0.2) is 0 Å². The number of aromatic nitrogens is 1. The van der Waals surface area contributed by atoms with Gasteiger partial charge in [-0.3, -0.25) is 0 Å². The second-order valence-corrected chi connectivity index (χ2v) is 8.16. The van der Waals surface area contributed by atoms with Crippen molar-refractivity contribution in [1.29, 1.82) is 0 Å². The molecule has 0 fully saturated rings. The van der Waals surface area contributed by atoms with Gasteiger partial charge in [0.25, 0.3) is 15.9 Å². The summed E-state index contributed by atoms with van der Waals surface area (Å²) in [7, 11) is -3.80. The van der Waals surface area contributed by atoms with Gasteiger partial charge < -0.3 is 4.52 Å². The Morgan fingerprint density at radius 2 is 1.68 bits per heavy atom. The van der Waals surface area contributed by atoms with Crippen LogP contribution in [0.2, 0.25) is 0 Å². The van der Waals surface area contributed by atoms with Gasteiger partial charge in [-0.05, 0) is 56.5 Å². The van der Waals surface area contributed by atoms with Crippen molar-refractivity contribution < 1.29 is 12.9 Å². The van der Waals surface area contributed by atoms with Gasteiger partial charge in [0, 0.05) is 0 Å². The molecule has 3 aromatic carbocycles. The number of sulfonamides is 1. The zero-order valence-corrected chi connectivity index (χ0v) is 15.6. The standard InChI is InChI=1S/C18H13BrN2O3S/c1-11-17(19)18(24-20-11)21-25(22,23)14-9-8-13-7-6-12-4-2-3-5-15(12)16(13)10-14/h2-10,21H,1H3. The fraction of sp³-hybridized carbons (Fsp3) is 0.0556. The topological polar surface area (TPSA) is 72.2 Å². The van der Waals surface area contributed by atoms with Crippen LogP contribution in [0, 0.1) is 6.92 Å². The lowest BCUT2D eigenvalue weighted by Gasteiger charge is -2.08. The molecule has 126 valence electrons. The van der Waals surface area contributed by atoms with E-state index in [1.165, 1.54) is 0 Å². The first-order valence-electron chi connectivity index (χ1n) is 7.52. The van der Waals surface area contributed by atoms with Gasteiger partial charge in [-0.25, -0.2) is 13.1 Å². The minimum atomic E-state index is -3.80. The summed E-state index contributed by atoms with van der Waals surface area (Å²) in [5, 5.41) is 7.67. The van der Waals surface area contributed by atoms with Crippen LogP contribution in [0.3, 0.4) is 0 Å². The molecular weight excluding hydrogens is 404 g/mol. The number of rotatable bonds is 3. The van der Waals surface area contributed by atoms with Crippen molar-refractivity contribution in [2.45, 2.75) is 11.8 Å². The maximum atomic E-state index is 12.7. The number of hydrogen-bond donors (Lipinski definition) is 1. The van der Waals surface area contributed by atoms with E-state index >= 15 is 0 Å². The first-order chi connectivity index (χ1) is 12.0. The van der Waals surface area contributed by atoms with Crippen LogP contribution < -0.4 is 4.72 Å². The van der Waals surface area contributed by atoms with Crippen molar-refractivity contribution in [2.24, 2.45) is 0 Å². The highest BCUT2D eigenvalue weighted by Gasteiger charge is 2.20. The van der Waals surface area contributed by atoms with Crippen LogP contribution in [0.1, 0.15) is 5.69 Å². The number of aryl methyl sites for hydroxylation is 1. The predicted octanol–water partition coefficient (Wildman–Crippen LogP) is 4.85. The van der Waals surface area contributed by atoms with E-state index in [4.69, 9.17) is 4.52 Å². The summed E-state index contributed by atoms with van der Waals surface area (Å²) in [6.45, 7) is 1.72. The molecule has 5 nitrogen and oxygen atoms in total. The average molecular weight is 417 g/mol. The van der Waals surface area contributed by atoms with Gasteiger partial charge >= 0.3 is 0 Å². The van der Waals surface area contributed by atoms with Gasteiger partial charge in [0.2, 0.25) is 0 Å². The van der Waals surface area contributed by atoms with Crippen molar-refractivity contribution in [3.05, 3.63) is 64.8 Å². The Hall–Kier alpha value is -2.38. The number of fused-ring (bicyclic) bond motifs is 3. The molecular formula is C18H13BrN2O3S. The van der Waals surface area contributed by atoms with Crippen LogP contribution in [-0.4, -0.2) is 13.6 Å². The smallest absolute Gasteiger partial charge is 0.264 e. The van der Waals surface area contributed by atoms with E-state index in [1.807, 2.05) is 36.4 Å². The summed E-state index contributed by atoms with van der Waals surface area (Å²) < 4.78 is 33.4. The minimum absolute atomic E-state index is 0.0653. The van der Waals surface area contributed by atoms with Gasteiger partial charge in [0.05, 0.1) is 10.6 Å². The molecule has 7 heteroatoms. The number of nitrogens with one attached hydrogen (secondary N) is 1. The zero-order valence-electron chi connectivity index (χ0n) is 13.2. The lowest BCUT2D eigenvalue weighted by molar-refractivity contribution is 0.430. The molecule has 0 aliphatic rings. The lowest BCUT2D eigenvalue weighted by Crippen LogP contribution is -2.12. The molecule has 1 N–H and O–H groups in total. The predicted molar refractivity (Wildman–Crippen MR) is 101 cm³/mol. The van der Waals surface area contributed by atoms with E-state index in [-0.39, 0.29) is 10.8 Å².